The molecule has 0 bridgehead atoms. The van der Waals surface area contributed by atoms with E-state index in [1.165, 1.54) is 0 Å². The molecule has 3 nitrogen and oxygen atoms in total. The van der Waals surface area contributed by atoms with Gasteiger partial charge in [-0.15, -0.1) is 12.4 Å². The average molecular weight is 162 g/mol. The van der Waals surface area contributed by atoms with E-state index in [0.29, 0.717) is 11.4 Å². The third-order valence-corrected chi connectivity index (χ3v) is 0.996. The Kier molecular flexibility index (Phi) is 5.79. The molecule has 1 rings (SSSR count). The number of halogens is 1. The smallest absolute Gasteiger partial charge is 0.0547 e. The molecule has 1 aromatic carbocycles. The maximum absolute atomic E-state index is 5.39. The van der Waals surface area contributed by atoms with Crippen molar-refractivity contribution in [2.24, 2.45) is 0 Å². The van der Waals surface area contributed by atoms with Crippen LogP contribution in [0.5, 0.6) is 0 Å². The third kappa shape index (κ3) is 2.57. The van der Waals surface area contributed by atoms with Crippen molar-refractivity contribution in [2.75, 3.05) is 11.5 Å². The van der Waals surface area contributed by atoms with Crippen LogP contribution in [0.25, 0.3) is 0 Å². The van der Waals surface area contributed by atoms with Crippen LogP contribution < -0.4 is 17.6 Å². The number of anilines is 2. The van der Waals surface area contributed by atoms with Crippen molar-refractivity contribution in [1.29, 1.82) is 0 Å². The van der Waals surface area contributed by atoms with Gasteiger partial charge in [-0.25, -0.2) is 0 Å². The monoisotopic (exact) mass is 161 g/mol. The van der Waals surface area contributed by atoms with E-state index in [1.54, 1.807) is 12.1 Å². The number of benzene rings is 1. The van der Waals surface area contributed by atoms with Gasteiger partial charge in [0.1, 0.15) is 0 Å². The minimum Gasteiger partial charge on any atom is -0.397 e. The lowest BCUT2D eigenvalue weighted by Gasteiger charge is -1.94. The number of nitrogens with two attached hydrogens (primary N) is 2. The first-order valence-electron chi connectivity index (χ1n) is 2.40. The van der Waals surface area contributed by atoms with E-state index in [4.69, 9.17) is 11.5 Å². The highest BCUT2D eigenvalue weighted by molar-refractivity contribution is 5.85. The molecule has 0 fully saturated rings. The second-order valence-electron chi connectivity index (χ2n) is 1.63. The van der Waals surface area contributed by atoms with Crippen LogP contribution in [0.4, 0.5) is 11.4 Å². The maximum Gasteiger partial charge on any atom is 0.0547 e. The molecule has 4 heteroatoms. The van der Waals surface area contributed by atoms with E-state index in [2.05, 4.69) is 0 Å². The molecule has 0 spiro atoms. The zero-order valence-electron chi connectivity index (χ0n) is 5.58. The Labute approximate surface area is 66.4 Å². The van der Waals surface area contributed by atoms with E-state index in [-0.39, 0.29) is 18.6 Å². The molecule has 0 aromatic heterocycles. The Morgan fingerprint density at radius 3 is 1.40 bits per heavy atom. The SMILES string of the molecule is Cl.N.Nc1ccccc1N. The van der Waals surface area contributed by atoms with Crippen LogP contribution in [0.3, 0.4) is 0 Å². The minimum absolute atomic E-state index is 0. The summed E-state index contributed by atoms with van der Waals surface area (Å²) in [6, 6.07) is 7.25. The highest BCUT2D eigenvalue weighted by Crippen LogP contribution is 2.10. The number of hydrogen-bond donors (Lipinski definition) is 3. The first-order chi connectivity index (χ1) is 3.80. The summed E-state index contributed by atoms with van der Waals surface area (Å²) in [6.45, 7) is 0. The highest BCUT2D eigenvalue weighted by Gasteiger charge is 1.85. The van der Waals surface area contributed by atoms with E-state index < -0.39 is 0 Å². The highest BCUT2D eigenvalue weighted by atomic mass is 35.5. The Morgan fingerprint density at radius 2 is 1.20 bits per heavy atom. The van der Waals surface area contributed by atoms with Gasteiger partial charge in [-0.3, -0.25) is 0 Å². The molecule has 0 aliphatic heterocycles. The Balaban J connectivity index is 0. The predicted molar refractivity (Wildman–Crippen MR) is 47.5 cm³/mol. The summed E-state index contributed by atoms with van der Waals surface area (Å²) in [7, 11) is 0. The number of para-hydroxylation sites is 2. The molecular formula is C6H12ClN3. The molecule has 0 unspecified atom stereocenters. The Morgan fingerprint density at radius 1 is 0.900 bits per heavy atom. The van der Waals surface area contributed by atoms with Crippen molar-refractivity contribution in [3.8, 4) is 0 Å². The fraction of sp³-hybridized carbons (Fsp3) is 0. The molecule has 0 aliphatic carbocycles. The predicted octanol–water partition coefficient (Wildman–Crippen LogP) is 1.43. The molecular weight excluding hydrogens is 150 g/mol. The van der Waals surface area contributed by atoms with Gasteiger partial charge in [0, 0.05) is 0 Å². The van der Waals surface area contributed by atoms with Gasteiger partial charge in [-0.2, -0.15) is 0 Å². The van der Waals surface area contributed by atoms with Gasteiger partial charge < -0.3 is 17.6 Å². The van der Waals surface area contributed by atoms with Crippen LogP contribution in [0.2, 0.25) is 0 Å². The van der Waals surface area contributed by atoms with E-state index in [9.17, 15) is 0 Å². The number of rotatable bonds is 0. The van der Waals surface area contributed by atoms with Gasteiger partial charge in [0.05, 0.1) is 11.4 Å². The maximum atomic E-state index is 5.39. The van der Waals surface area contributed by atoms with Crippen molar-refractivity contribution in [3.63, 3.8) is 0 Å². The van der Waals surface area contributed by atoms with Crippen molar-refractivity contribution in [3.05, 3.63) is 24.3 Å². The van der Waals surface area contributed by atoms with Crippen molar-refractivity contribution in [2.45, 2.75) is 0 Å². The second-order valence-corrected chi connectivity index (χ2v) is 1.63. The summed E-state index contributed by atoms with van der Waals surface area (Å²) >= 11 is 0. The topological polar surface area (TPSA) is 87.0 Å². The molecule has 0 saturated carbocycles. The van der Waals surface area contributed by atoms with Crippen molar-refractivity contribution < 1.29 is 0 Å². The Hall–Kier alpha value is -0.930. The lowest BCUT2D eigenvalue weighted by Crippen LogP contribution is -1.91. The molecule has 0 saturated heterocycles. The summed E-state index contributed by atoms with van der Waals surface area (Å²) in [5, 5.41) is 0. The van der Waals surface area contributed by atoms with Crippen LogP contribution in [0.15, 0.2) is 24.3 Å². The largest absolute Gasteiger partial charge is 0.397 e. The van der Waals surface area contributed by atoms with E-state index in [1.807, 2.05) is 12.1 Å². The molecule has 10 heavy (non-hydrogen) atoms. The van der Waals surface area contributed by atoms with Gasteiger partial charge in [-0.05, 0) is 12.1 Å². The molecule has 1 aromatic rings. The van der Waals surface area contributed by atoms with Gasteiger partial charge in [0.25, 0.3) is 0 Å². The molecule has 0 aliphatic rings. The molecule has 0 radical (unpaired) electrons. The van der Waals surface area contributed by atoms with Crippen molar-refractivity contribution in [1.82, 2.24) is 6.15 Å². The normalized spacial score (nSPS) is 7.20. The quantitative estimate of drug-likeness (QED) is 0.503. The average Bonchev–Trinajstić information content (AvgIpc) is 1.77. The lowest BCUT2D eigenvalue weighted by molar-refractivity contribution is 1.67. The van der Waals surface area contributed by atoms with Gasteiger partial charge in [0.2, 0.25) is 0 Å². The minimum atomic E-state index is 0. The summed E-state index contributed by atoms with van der Waals surface area (Å²) in [5.74, 6) is 0. The zero-order chi connectivity index (χ0) is 5.98. The van der Waals surface area contributed by atoms with Gasteiger partial charge >= 0.3 is 0 Å². The van der Waals surface area contributed by atoms with Gasteiger partial charge in [0.15, 0.2) is 0 Å². The first kappa shape index (κ1) is 11.8. The van der Waals surface area contributed by atoms with Crippen LogP contribution in [-0.4, -0.2) is 0 Å². The Bertz CT molecular complexity index is 169. The fourth-order valence-electron chi connectivity index (χ4n) is 0.511. The fourth-order valence-corrected chi connectivity index (χ4v) is 0.511. The molecule has 0 amide bonds. The second kappa shape index (κ2) is 4.90. The van der Waals surface area contributed by atoms with E-state index >= 15 is 0 Å². The van der Waals surface area contributed by atoms with Crippen LogP contribution in [0, 0.1) is 0 Å². The third-order valence-electron chi connectivity index (χ3n) is 0.996. The van der Waals surface area contributed by atoms with Crippen LogP contribution in [0.1, 0.15) is 0 Å². The van der Waals surface area contributed by atoms with E-state index in [0.717, 1.165) is 0 Å². The molecule has 7 N–H and O–H groups in total. The van der Waals surface area contributed by atoms with Crippen LogP contribution in [-0.2, 0) is 0 Å². The number of nitrogen functional groups attached to an aromatic ring is 2. The number of hydrogen-bond acceptors (Lipinski definition) is 3. The molecule has 0 atom stereocenters. The van der Waals surface area contributed by atoms with Crippen LogP contribution >= 0.6 is 12.4 Å². The lowest BCUT2D eigenvalue weighted by atomic mass is 10.3. The summed E-state index contributed by atoms with van der Waals surface area (Å²) < 4.78 is 0. The summed E-state index contributed by atoms with van der Waals surface area (Å²) in [5.41, 5.74) is 12.1. The molecule has 0 heterocycles. The summed E-state index contributed by atoms with van der Waals surface area (Å²) in [4.78, 5) is 0. The summed E-state index contributed by atoms with van der Waals surface area (Å²) in [6.07, 6.45) is 0. The van der Waals surface area contributed by atoms with Gasteiger partial charge in [-0.1, -0.05) is 12.1 Å². The molecule has 58 valence electrons. The zero-order valence-corrected chi connectivity index (χ0v) is 6.40. The van der Waals surface area contributed by atoms with Crippen molar-refractivity contribution >= 4 is 23.8 Å². The first-order valence-corrected chi connectivity index (χ1v) is 2.40. The standard InChI is InChI=1S/C6H8N2.ClH.H3N/c7-5-3-1-2-4-6(5)8;;/h1-4H,7-8H2;1H;1H3.